The summed E-state index contributed by atoms with van der Waals surface area (Å²) >= 11 is 2.21. The van der Waals surface area contributed by atoms with Crippen LogP contribution in [0.3, 0.4) is 0 Å². The monoisotopic (exact) mass is 256 g/mol. The summed E-state index contributed by atoms with van der Waals surface area (Å²) in [5, 5.41) is 3.52. The molecule has 1 atom stereocenters. The molecule has 1 unspecified atom stereocenters. The molecule has 2 saturated heterocycles. The molecule has 2 rings (SSSR count). The van der Waals surface area contributed by atoms with E-state index in [-0.39, 0.29) is 0 Å². The minimum atomic E-state index is 0.523. The smallest absolute Gasteiger partial charge is 0.0282 e. The predicted octanol–water partition coefficient (Wildman–Crippen LogP) is 2.59. The highest BCUT2D eigenvalue weighted by Crippen LogP contribution is 2.38. The van der Waals surface area contributed by atoms with Crippen LogP contribution in [0, 0.1) is 5.41 Å². The SMILES string of the molecule is CCC1(CC)CN(CC2(C)CCNC2)CCS1. The number of hydrogen-bond donors (Lipinski definition) is 1. The van der Waals surface area contributed by atoms with Crippen molar-refractivity contribution in [1.29, 1.82) is 0 Å². The van der Waals surface area contributed by atoms with Gasteiger partial charge in [0.05, 0.1) is 0 Å². The normalized spacial score (nSPS) is 34.1. The zero-order chi connectivity index (χ0) is 12.4. The largest absolute Gasteiger partial charge is 0.316 e. The lowest BCUT2D eigenvalue weighted by Gasteiger charge is -2.44. The molecule has 0 radical (unpaired) electrons. The van der Waals surface area contributed by atoms with Crippen molar-refractivity contribution in [2.24, 2.45) is 5.41 Å². The summed E-state index contributed by atoms with van der Waals surface area (Å²) in [7, 11) is 0. The van der Waals surface area contributed by atoms with Gasteiger partial charge in [-0.15, -0.1) is 0 Å². The number of nitrogens with one attached hydrogen (secondary N) is 1. The van der Waals surface area contributed by atoms with Crippen LogP contribution in [0.25, 0.3) is 0 Å². The fourth-order valence-corrected chi connectivity index (χ4v) is 4.74. The average Bonchev–Trinajstić information content (AvgIpc) is 2.76. The maximum atomic E-state index is 3.52. The standard InChI is InChI=1S/C14H28N2S/c1-4-14(5-2)12-16(8-9-17-14)11-13(3)6-7-15-10-13/h15H,4-12H2,1-3H3. The van der Waals surface area contributed by atoms with Crippen LogP contribution >= 0.6 is 11.8 Å². The van der Waals surface area contributed by atoms with E-state index in [4.69, 9.17) is 0 Å². The highest BCUT2D eigenvalue weighted by Gasteiger charge is 2.37. The summed E-state index contributed by atoms with van der Waals surface area (Å²) < 4.78 is 0.542. The Labute approximate surface area is 111 Å². The second-order valence-corrected chi connectivity index (χ2v) is 7.75. The molecular weight excluding hydrogens is 228 g/mol. The fraction of sp³-hybridized carbons (Fsp3) is 1.00. The van der Waals surface area contributed by atoms with E-state index in [9.17, 15) is 0 Å². The van der Waals surface area contributed by atoms with Crippen LogP contribution in [0.4, 0.5) is 0 Å². The average molecular weight is 256 g/mol. The molecule has 0 aromatic carbocycles. The van der Waals surface area contributed by atoms with E-state index in [0.29, 0.717) is 10.2 Å². The molecule has 0 saturated carbocycles. The molecule has 3 heteroatoms. The topological polar surface area (TPSA) is 15.3 Å². The van der Waals surface area contributed by atoms with Crippen LogP contribution in [0.2, 0.25) is 0 Å². The van der Waals surface area contributed by atoms with Gasteiger partial charge >= 0.3 is 0 Å². The van der Waals surface area contributed by atoms with Gasteiger partial charge in [0.2, 0.25) is 0 Å². The molecule has 17 heavy (non-hydrogen) atoms. The Morgan fingerprint density at radius 3 is 2.65 bits per heavy atom. The summed E-state index contributed by atoms with van der Waals surface area (Å²) in [5.74, 6) is 1.32. The van der Waals surface area contributed by atoms with Crippen LogP contribution in [-0.4, -0.2) is 48.1 Å². The molecule has 0 bridgehead atoms. The molecule has 2 nitrogen and oxygen atoms in total. The van der Waals surface area contributed by atoms with Crippen molar-refractivity contribution in [3.05, 3.63) is 0 Å². The molecule has 0 amide bonds. The predicted molar refractivity (Wildman–Crippen MR) is 77.8 cm³/mol. The quantitative estimate of drug-likeness (QED) is 0.832. The molecule has 2 aliphatic rings. The lowest BCUT2D eigenvalue weighted by Crippen LogP contribution is -2.49. The van der Waals surface area contributed by atoms with Gasteiger partial charge in [0.15, 0.2) is 0 Å². The molecule has 2 fully saturated rings. The first kappa shape index (κ1) is 13.7. The molecule has 100 valence electrons. The summed E-state index contributed by atoms with van der Waals surface area (Å²) in [6, 6.07) is 0. The van der Waals surface area contributed by atoms with Crippen LogP contribution in [0.1, 0.15) is 40.0 Å². The third-order valence-electron chi connectivity index (χ3n) is 4.68. The summed E-state index contributed by atoms with van der Waals surface area (Å²) in [6.07, 6.45) is 3.99. The number of rotatable bonds is 4. The van der Waals surface area contributed by atoms with Gasteiger partial charge in [-0.3, -0.25) is 0 Å². The van der Waals surface area contributed by atoms with Crippen molar-refractivity contribution in [2.45, 2.75) is 44.8 Å². The highest BCUT2D eigenvalue weighted by atomic mass is 32.2. The van der Waals surface area contributed by atoms with E-state index in [1.807, 2.05) is 0 Å². The number of nitrogens with zero attached hydrogens (tertiary/aromatic N) is 1. The van der Waals surface area contributed by atoms with E-state index < -0.39 is 0 Å². The van der Waals surface area contributed by atoms with Crippen molar-refractivity contribution in [2.75, 3.05) is 38.5 Å². The van der Waals surface area contributed by atoms with Crippen molar-refractivity contribution >= 4 is 11.8 Å². The Balaban J connectivity index is 1.93. The minimum absolute atomic E-state index is 0.523. The van der Waals surface area contributed by atoms with Crippen LogP contribution in [-0.2, 0) is 0 Å². The Kier molecular flexibility index (Phi) is 4.43. The zero-order valence-electron chi connectivity index (χ0n) is 11.7. The van der Waals surface area contributed by atoms with Gasteiger partial charge in [-0.05, 0) is 31.2 Å². The highest BCUT2D eigenvalue weighted by molar-refractivity contribution is 8.00. The second-order valence-electron chi connectivity index (χ2n) is 6.19. The maximum Gasteiger partial charge on any atom is 0.0282 e. The van der Waals surface area contributed by atoms with Gasteiger partial charge in [-0.25, -0.2) is 0 Å². The van der Waals surface area contributed by atoms with E-state index in [1.165, 1.54) is 57.7 Å². The minimum Gasteiger partial charge on any atom is -0.316 e. The summed E-state index contributed by atoms with van der Waals surface area (Å²) in [5.41, 5.74) is 0.523. The number of thioether (sulfide) groups is 1. The lowest BCUT2D eigenvalue weighted by atomic mass is 9.88. The van der Waals surface area contributed by atoms with Crippen LogP contribution in [0.5, 0.6) is 0 Å². The third-order valence-corrected chi connectivity index (χ3v) is 6.38. The Morgan fingerprint density at radius 1 is 1.29 bits per heavy atom. The first-order valence-electron chi connectivity index (χ1n) is 7.18. The van der Waals surface area contributed by atoms with E-state index in [1.54, 1.807) is 0 Å². The molecule has 1 N–H and O–H groups in total. The molecule has 0 aliphatic carbocycles. The van der Waals surface area contributed by atoms with Crippen LogP contribution in [0.15, 0.2) is 0 Å². The summed E-state index contributed by atoms with van der Waals surface area (Å²) in [6.45, 7) is 13.5. The van der Waals surface area contributed by atoms with Crippen molar-refractivity contribution in [3.8, 4) is 0 Å². The van der Waals surface area contributed by atoms with Crippen molar-refractivity contribution in [3.63, 3.8) is 0 Å². The van der Waals surface area contributed by atoms with Crippen LogP contribution < -0.4 is 5.32 Å². The van der Waals surface area contributed by atoms with Gasteiger partial charge in [-0.1, -0.05) is 20.8 Å². The second kappa shape index (κ2) is 5.50. The van der Waals surface area contributed by atoms with Gasteiger partial charge < -0.3 is 10.2 Å². The molecular formula is C14H28N2S. The van der Waals surface area contributed by atoms with Crippen molar-refractivity contribution < 1.29 is 0 Å². The fourth-order valence-electron chi connectivity index (χ4n) is 3.28. The van der Waals surface area contributed by atoms with E-state index >= 15 is 0 Å². The first-order chi connectivity index (χ1) is 8.11. The molecule has 2 heterocycles. The van der Waals surface area contributed by atoms with E-state index in [2.05, 4.69) is 42.7 Å². The number of hydrogen-bond acceptors (Lipinski definition) is 3. The maximum absolute atomic E-state index is 3.52. The van der Waals surface area contributed by atoms with Gasteiger partial charge in [0, 0.05) is 36.7 Å². The Bertz CT molecular complexity index is 243. The zero-order valence-corrected chi connectivity index (χ0v) is 12.5. The van der Waals surface area contributed by atoms with Gasteiger partial charge in [-0.2, -0.15) is 11.8 Å². The molecule has 0 aromatic rings. The van der Waals surface area contributed by atoms with Crippen molar-refractivity contribution in [1.82, 2.24) is 10.2 Å². The van der Waals surface area contributed by atoms with Gasteiger partial charge in [0.25, 0.3) is 0 Å². The lowest BCUT2D eigenvalue weighted by molar-refractivity contribution is 0.162. The molecule has 0 aromatic heterocycles. The Hall–Kier alpha value is 0.270. The Morgan fingerprint density at radius 2 is 2.06 bits per heavy atom. The van der Waals surface area contributed by atoms with Gasteiger partial charge in [0.1, 0.15) is 0 Å². The first-order valence-corrected chi connectivity index (χ1v) is 8.17. The molecule has 2 aliphatic heterocycles. The summed E-state index contributed by atoms with van der Waals surface area (Å²) in [4.78, 5) is 2.73. The molecule has 0 spiro atoms. The third kappa shape index (κ3) is 3.18. The van der Waals surface area contributed by atoms with E-state index in [0.717, 1.165) is 0 Å².